The molecule has 2 saturated heterocycles. The molecule has 2 aliphatic heterocycles. The van der Waals surface area contributed by atoms with E-state index in [1.165, 1.54) is 17.9 Å². The van der Waals surface area contributed by atoms with Gasteiger partial charge in [-0.2, -0.15) is 0 Å². The van der Waals surface area contributed by atoms with E-state index < -0.39 is 64.3 Å². The van der Waals surface area contributed by atoms with Crippen LogP contribution in [-0.4, -0.2) is 164 Å². The topological polar surface area (TPSA) is 332 Å². The molecule has 27 nitrogen and oxygen atoms in total. The fraction of sp³-hybridized carbons (Fsp3) is 0.522. The summed E-state index contributed by atoms with van der Waals surface area (Å²) >= 11 is 0. The molecule has 4 heterocycles. The molecule has 8 rings (SSSR count). The number of nitrogens with zero attached hydrogens (tertiary/aromatic N) is 3. The minimum Gasteiger partial charge on any atom is -0.460 e. The Morgan fingerprint density at radius 3 is 1.54 bits per heavy atom. The van der Waals surface area contributed by atoms with Crippen molar-refractivity contribution in [2.75, 3.05) is 72.2 Å². The van der Waals surface area contributed by atoms with Gasteiger partial charge < -0.3 is 66.8 Å². The molecule has 0 atom stereocenters. The molecule has 0 bridgehead atoms. The number of fused-ring (bicyclic) bond motifs is 4. The van der Waals surface area contributed by atoms with E-state index in [2.05, 4.69) is 15.6 Å². The van der Waals surface area contributed by atoms with Gasteiger partial charge in [0.15, 0.2) is 40.1 Å². The molecule has 27 heteroatoms. The molecule has 3 aliphatic rings. The first-order chi connectivity index (χ1) is 43.9. The predicted molar refractivity (Wildman–Crippen MR) is 337 cm³/mol. The normalized spacial score (nSPS) is 14.7. The first kappa shape index (κ1) is 74.0. The Balaban J connectivity index is 0.000000270. The highest BCUT2D eigenvalue weighted by atomic mass is 16.8. The maximum atomic E-state index is 13.2. The Hall–Kier alpha value is -9.01. The number of ketones is 3. The number of nitrogens with one attached hydrogen (secondary N) is 2. The van der Waals surface area contributed by atoms with Gasteiger partial charge >= 0.3 is 36.3 Å². The lowest BCUT2D eigenvalue weighted by Gasteiger charge is -2.27. The van der Waals surface area contributed by atoms with Crippen LogP contribution in [0.5, 0.6) is 11.5 Å². The lowest BCUT2D eigenvalue weighted by atomic mass is 9.88. The molecular formula is C67H85N5O22. The number of esters is 2. The van der Waals surface area contributed by atoms with Crippen LogP contribution in [0.4, 0.5) is 19.2 Å². The van der Waals surface area contributed by atoms with Gasteiger partial charge in [-0.15, -0.1) is 0 Å². The van der Waals surface area contributed by atoms with Crippen molar-refractivity contribution in [2.45, 2.75) is 157 Å². The number of isocyanates is 1. The van der Waals surface area contributed by atoms with E-state index in [9.17, 15) is 47.9 Å². The summed E-state index contributed by atoms with van der Waals surface area (Å²) in [5, 5.41) is 6.48. The van der Waals surface area contributed by atoms with Crippen molar-refractivity contribution in [1.82, 2.24) is 20.4 Å². The van der Waals surface area contributed by atoms with E-state index in [0.717, 1.165) is 4.90 Å². The fourth-order valence-electron chi connectivity index (χ4n) is 9.39. The largest absolute Gasteiger partial charge is 0.460 e. The third kappa shape index (κ3) is 21.3. The summed E-state index contributed by atoms with van der Waals surface area (Å²) < 4.78 is 67.3. The van der Waals surface area contributed by atoms with Gasteiger partial charge in [0.2, 0.25) is 23.4 Å². The predicted octanol–water partition coefficient (Wildman–Crippen LogP) is 10.5. The van der Waals surface area contributed by atoms with Gasteiger partial charge in [0.1, 0.15) is 34.7 Å². The van der Waals surface area contributed by atoms with Crippen molar-refractivity contribution < 1.29 is 104 Å². The second-order valence-corrected chi connectivity index (χ2v) is 26.1. The number of unbranched alkanes of at least 4 members (excludes halogenated alkanes) is 1. The number of aliphatic imine (C=N–C) groups is 1. The zero-order chi connectivity index (χ0) is 69.6. The van der Waals surface area contributed by atoms with E-state index in [1.807, 2.05) is 0 Å². The van der Waals surface area contributed by atoms with Crippen LogP contribution < -0.4 is 20.1 Å². The molecule has 94 heavy (non-hydrogen) atoms. The Bertz CT molecular complexity index is 3580. The highest BCUT2D eigenvalue weighted by Gasteiger charge is 2.42. The van der Waals surface area contributed by atoms with Crippen LogP contribution in [0.2, 0.25) is 0 Å². The van der Waals surface area contributed by atoms with Crippen molar-refractivity contribution in [1.29, 1.82) is 0 Å². The molecule has 1 aliphatic carbocycles. The van der Waals surface area contributed by atoms with Gasteiger partial charge in [-0.05, 0) is 129 Å². The first-order valence-electron chi connectivity index (χ1n) is 30.6. The van der Waals surface area contributed by atoms with Crippen molar-refractivity contribution in [2.24, 2.45) is 4.99 Å². The van der Waals surface area contributed by atoms with Crippen molar-refractivity contribution in [3.8, 4) is 11.5 Å². The number of benzene rings is 3. The quantitative estimate of drug-likeness (QED) is 0.0250. The molecule has 2 fully saturated rings. The van der Waals surface area contributed by atoms with Crippen LogP contribution in [-0.2, 0) is 68.6 Å². The van der Waals surface area contributed by atoms with Crippen molar-refractivity contribution >= 4 is 81.5 Å². The first-order valence-corrected chi connectivity index (χ1v) is 30.6. The van der Waals surface area contributed by atoms with Crippen LogP contribution in [0.15, 0.2) is 74.5 Å². The van der Waals surface area contributed by atoms with E-state index in [0.29, 0.717) is 72.3 Å². The number of hydrogen-bond acceptors (Lipinski definition) is 23. The maximum Gasteiger partial charge on any atom is 0.412 e. The molecule has 0 spiro atoms. The Morgan fingerprint density at radius 1 is 0.553 bits per heavy atom. The Kier molecular flexibility index (Phi) is 24.6. The van der Waals surface area contributed by atoms with Crippen molar-refractivity contribution in [3.05, 3.63) is 94.6 Å². The summed E-state index contributed by atoms with van der Waals surface area (Å²) in [7, 11) is 0. The standard InChI is InChI=1S/C37H49N3O12.C16H12O5.C14H24N2O5/c1-23(41)22-40(34(45)52-36(5,6)7)18-17-39-33(44)49-29-24-13-9-10-14-25(24)30(31-26(29)21-27(48-31)37(8)46-19-20-47-37)50-32(43)38-16-12-11-15-28(42)51-35(2,3)4;1-16(19-6-7-20-16)12-8-11-13(17)9-4-2-3-5-10(9)14(18)15(11)21-12;1-13(2,3)20-11(18)9-16(8-7-15-10-17)12(19)21-14(4,5)6/h9-10,13-14,21H,11-12,15-20,22H2,1-8H3,(H,38,43)(H,39,44);2-5,8H,6-7H2,1H3;7-9H2,1-6H3. The number of furan rings is 2. The number of carbonyl (C=O) groups excluding carboxylic acids is 10. The lowest BCUT2D eigenvalue weighted by molar-refractivity contribution is -0.163. The van der Waals surface area contributed by atoms with Crippen LogP contribution in [0.1, 0.15) is 167 Å². The summed E-state index contributed by atoms with van der Waals surface area (Å²) in [6.07, 6.45) is -0.344. The average molecular weight is 1310 g/mol. The smallest absolute Gasteiger partial charge is 0.412 e. The molecule has 3 aromatic carbocycles. The summed E-state index contributed by atoms with van der Waals surface area (Å²) in [4.78, 5) is 127. The summed E-state index contributed by atoms with van der Waals surface area (Å²) in [6.45, 7) is 27.0. The molecule has 510 valence electrons. The highest BCUT2D eigenvalue weighted by molar-refractivity contribution is 6.27. The molecule has 5 aromatic rings. The number of carbonyl (C=O) groups is 9. The van der Waals surface area contributed by atoms with Gasteiger partial charge in [-0.3, -0.25) is 33.8 Å². The van der Waals surface area contributed by atoms with E-state index in [4.69, 9.17) is 56.2 Å². The van der Waals surface area contributed by atoms with Crippen LogP contribution >= 0.6 is 0 Å². The van der Waals surface area contributed by atoms with Gasteiger partial charge in [0, 0.05) is 54.5 Å². The Morgan fingerprint density at radius 2 is 1.02 bits per heavy atom. The minimum atomic E-state index is -1.25. The monoisotopic (exact) mass is 1310 g/mol. The molecular weight excluding hydrogens is 1230 g/mol. The number of ether oxygens (including phenoxy) is 10. The second kappa shape index (κ2) is 31.3. The summed E-state index contributed by atoms with van der Waals surface area (Å²) in [6, 6.07) is 16.8. The molecule has 0 saturated carbocycles. The van der Waals surface area contributed by atoms with E-state index in [-0.39, 0.29) is 110 Å². The molecule has 2 aromatic heterocycles. The molecule has 2 N–H and O–H groups in total. The van der Waals surface area contributed by atoms with E-state index in [1.54, 1.807) is 158 Å². The van der Waals surface area contributed by atoms with Crippen LogP contribution in [0.25, 0.3) is 21.7 Å². The van der Waals surface area contributed by atoms with Gasteiger partial charge in [0.05, 0.1) is 50.5 Å². The minimum absolute atomic E-state index is 0.0223. The maximum absolute atomic E-state index is 13.2. The fourth-order valence-corrected chi connectivity index (χ4v) is 9.39. The molecule has 0 unspecified atom stereocenters. The Labute approximate surface area is 544 Å². The van der Waals surface area contributed by atoms with E-state index >= 15 is 0 Å². The van der Waals surface area contributed by atoms with Gasteiger partial charge in [0.25, 0.3) is 0 Å². The molecule has 0 radical (unpaired) electrons. The second-order valence-electron chi connectivity index (χ2n) is 26.1. The zero-order valence-electron chi connectivity index (χ0n) is 56.0. The third-order valence-electron chi connectivity index (χ3n) is 13.3. The van der Waals surface area contributed by atoms with Crippen LogP contribution in [0.3, 0.4) is 0 Å². The van der Waals surface area contributed by atoms with Gasteiger partial charge in [-0.1, -0.05) is 48.5 Å². The SMILES string of the molecule is CC(=O)CN(CCNC(=O)Oc1c2ccccc2c(OC(=O)NCCCCC(=O)OC(C)(C)C)c2oc(C3(C)OCCO3)cc12)C(=O)OC(C)(C)C.CC(C)(C)OC(=O)CN(CCN=C=O)C(=O)OC(C)(C)C.CC1(c2cc3c(o2)C(=O)c2ccccc2C3=O)OCCO1. The molecule has 4 amide bonds. The summed E-state index contributed by atoms with van der Waals surface area (Å²) in [5.74, 6) is -3.04. The highest BCUT2D eigenvalue weighted by Crippen LogP contribution is 2.47. The zero-order valence-corrected chi connectivity index (χ0v) is 56.0. The average Bonchev–Trinajstić information content (AvgIpc) is 1.55. The van der Waals surface area contributed by atoms with Crippen molar-refractivity contribution in [3.63, 3.8) is 0 Å². The number of Topliss-reactive ketones (excluding diaryl/α,β-unsaturated/α-hetero) is 1. The number of amides is 4. The van der Waals surface area contributed by atoms with Crippen LogP contribution in [0, 0.1) is 0 Å². The number of hydrogen-bond donors (Lipinski definition) is 2. The van der Waals surface area contributed by atoms with Gasteiger partial charge in [-0.25, -0.2) is 29.0 Å². The third-order valence-corrected chi connectivity index (χ3v) is 13.3. The summed E-state index contributed by atoms with van der Waals surface area (Å²) in [5.41, 5.74) is -1.52. The lowest BCUT2D eigenvalue weighted by Crippen LogP contribution is -2.43. The number of rotatable bonds is 19.